The number of carbonyl (C=O) groups is 1. The van der Waals surface area contributed by atoms with Crippen molar-refractivity contribution < 1.29 is 14.6 Å². The van der Waals surface area contributed by atoms with E-state index in [4.69, 9.17) is 9.84 Å². The number of aromatic nitrogens is 2. The van der Waals surface area contributed by atoms with E-state index in [0.29, 0.717) is 31.0 Å². The summed E-state index contributed by atoms with van der Waals surface area (Å²) in [6.07, 6.45) is 2.97. The van der Waals surface area contributed by atoms with Gasteiger partial charge >= 0.3 is 0 Å². The third-order valence-electron chi connectivity index (χ3n) is 5.88. The number of aliphatic hydroxyl groups excluding tert-OH is 1. The lowest BCUT2D eigenvalue weighted by molar-refractivity contribution is -0.117. The molecule has 1 saturated carbocycles. The van der Waals surface area contributed by atoms with Gasteiger partial charge in [-0.15, -0.1) is 0 Å². The first-order valence-electron chi connectivity index (χ1n) is 10.5. The molecule has 0 saturated heterocycles. The van der Waals surface area contributed by atoms with E-state index in [-0.39, 0.29) is 23.8 Å². The minimum Gasteiger partial charge on any atom is -0.489 e. The Hall–Kier alpha value is -3.25. The molecule has 6 heteroatoms. The van der Waals surface area contributed by atoms with E-state index in [1.165, 1.54) is 0 Å². The van der Waals surface area contributed by atoms with Gasteiger partial charge < -0.3 is 15.2 Å². The Labute approximate surface area is 182 Å². The van der Waals surface area contributed by atoms with Crippen LogP contribution in [0.3, 0.4) is 0 Å². The fraction of sp³-hybridized carbons (Fsp3) is 0.320. The Bertz CT molecular complexity index is 1070. The lowest BCUT2D eigenvalue weighted by Crippen LogP contribution is -2.26. The van der Waals surface area contributed by atoms with Crippen molar-refractivity contribution >= 4 is 11.6 Å². The molecule has 1 aliphatic rings. The molecular formula is C25H27N3O3. The van der Waals surface area contributed by atoms with Gasteiger partial charge in [-0.1, -0.05) is 42.5 Å². The van der Waals surface area contributed by atoms with Gasteiger partial charge in [0.2, 0.25) is 5.91 Å². The van der Waals surface area contributed by atoms with Crippen LogP contribution in [-0.2, 0) is 16.6 Å². The Kier molecular flexibility index (Phi) is 6.00. The summed E-state index contributed by atoms with van der Waals surface area (Å²) in [7, 11) is 0. The Morgan fingerprint density at radius 3 is 2.74 bits per heavy atom. The number of aliphatic hydroxyl groups is 1. The van der Waals surface area contributed by atoms with Crippen molar-refractivity contribution in [3.63, 3.8) is 0 Å². The first-order valence-corrected chi connectivity index (χ1v) is 10.5. The zero-order valence-electron chi connectivity index (χ0n) is 17.8. The molecule has 6 nitrogen and oxygen atoms in total. The zero-order valence-corrected chi connectivity index (χ0v) is 17.8. The first-order chi connectivity index (χ1) is 15.0. The van der Waals surface area contributed by atoms with Crippen molar-refractivity contribution in [3.05, 3.63) is 83.4 Å². The average molecular weight is 418 g/mol. The Morgan fingerprint density at radius 1 is 1.19 bits per heavy atom. The highest BCUT2D eigenvalue weighted by atomic mass is 16.5. The summed E-state index contributed by atoms with van der Waals surface area (Å²) in [4.78, 5) is 21.7. The fourth-order valence-corrected chi connectivity index (χ4v) is 4.06. The quantitative estimate of drug-likeness (QED) is 0.585. The van der Waals surface area contributed by atoms with Crippen LogP contribution in [0.25, 0.3) is 0 Å². The molecule has 2 atom stereocenters. The maximum atomic E-state index is 13.1. The number of hydrogen-bond acceptors (Lipinski definition) is 5. The maximum Gasteiger partial charge on any atom is 0.228 e. The second-order valence-corrected chi connectivity index (χ2v) is 8.10. The number of benzene rings is 2. The number of rotatable bonds is 8. The molecular weight excluding hydrogens is 390 g/mol. The molecule has 160 valence electrons. The van der Waals surface area contributed by atoms with Crippen molar-refractivity contribution in [1.29, 1.82) is 0 Å². The SMILES string of the molecule is Cc1ncc(OC[C@@]2(c3ccccc3)C[C@H]2C(=O)Nc2cccc(CCO)c2)c(C)n1. The summed E-state index contributed by atoms with van der Waals surface area (Å²) >= 11 is 0. The number of anilines is 1. The van der Waals surface area contributed by atoms with Gasteiger partial charge in [-0.05, 0) is 49.9 Å². The third kappa shape index (κ3) is 4.59. The molecule has 2 N–H and O–H groups in total. The van der Waals surface area contributed by atoms with Gasteiger partial charge in [-0.25, -0.2) is 9.97 Å². The van der Waals surface area contributed by atoms with Crippen molar-refractivity contribution in [2.75, 3.05) is 18.5 Å². The van der Waals surface area contributed by atoms with E-state index >= 15 is 0 Å². The molecule has 0 aliphatic heterocycles. The number of hydrogen-bond donors (Lipinski definition) is 2. The van der Waals surface area contributed by atoms with Crippen LogP contribution in [0.2, 0.25) is 0 Å². The van der Waals surface area contributed by atoms with Gasteiger partial charge in [0.15, 0.2) is 5.75 Å². The Morgan fingerprint density at radius 2 is 2.00 bits per heavy atom. The first kappa shape index (κ1) is 21.0. The molecule has 4 rings (SSSR count). The molecule has 1 aliphatic carbocycles. The van der Waals surface area contributed by atoms with Crippen LogP contribution in [0, 0.1) is 19.8 Å². The summed E-state index contributed by atoms with van der Waals surface area (Å²) in [6, 6.07) is 17.7. The monoisotopic (exact) mass is 417 g/mol. The Balaban J connectivity index is 1.52. The van der Waals surface area contributed by atoms with E-state index in [9.17, 15) is 4.79 Å². The van der Waals surface area contributed by atoms with Crippen LogP contribution in [-0.4, -0.2) is 34.2 Å². The molecule has 1 heterocycles. The minimum absolute atomic E-state index is 0.0227. The smallest absolute Gasteiger partial charge is 0.228 e. The number of aryl methyl sites for hydroxylation is 2. The number of nitrogens with zero attached hydrogens (tertiary/aromatic N) is 2. The molecule has 1 fully saturated rings. The van der Waals surface area contributed by atoms with E-state index in [1.807, 2.05) is 56.3 Å². The lowest BCUT2D eigenvalue weighted by Gasteiger charge is -2.19. The van der Waals surface area contributed by atoms with Crippen LogP contribution in [0.4, 0.5) is 5.69 Å². The number of amides is 1. The third-order valence-corrected chi connectivity index (χ3v) is 5.88. The van der Waals surface area contributed by atoms with Crippen LogP contribution >= 0.6 is 0 Å². The van der Waals surface area contributed by atoms with Gasteiger partial charge in [-0.3, -0.25) is 4.79 Å². The standard InChI is InChI=1S/C25H27N3O3/c1-17-23(15-26-18(2)27-17)31-16-25(20-8-4-3-5-9-20)14-22(25)24(30)28-21-10-6-7-19(13-21)11-12-29/h3-10,13,15,22,29H,11-12,14,16H2,1-2H3,(H,28,30)/t22-,25+/m0/s1. The number of carbonyl (C=O) groups excluding carboxylic acids is 1. The van der Waals surface area contributed by atoms with Gasteiger partial charge in [0.25, 0.3) is 0 Å². The molecule has 0 unspecified atom stereocenters. The van der Waals surface area contributed by atoms with E-state index < -0.39 is 0 Å². The minimum atomic E-state index is -0.384. The summed E-state index contributed by atoms with van der Waals surface area (Å²) < 4.78 is 6.12. The average Bonchev–Trinajstić information content (AvgIpc) is 3.50. The predicted molar refractivity (Wildman–Crippen MR) is 119 cm³/mol. The second kappa shape index (κ2) is 8.86. The zero-order chi connectivity index (χ0) is 21.8. The lowest BCUT2D eigenvalue weighted by atomic mass is 9.93. The topological polar surface area (TPSA) is 84.3 Å². The summed E-state index contributed by atoms with van der Waals surface area (Å²) in [5.41, 5.74) is 3.23. The van der Waals surface area contributed by atoms with Crippen LogP contribution in [0.1, 0.15) is 29.1 Å². The fourth-order valence-electron chi connectivity index (χ4n) is 4.06. The maximum absolute atomic E-state index is 13.1. The normalized spacial score (nSPS) is 19.6. The second-order valence-electron chi connectivity index (χ2n) is 8.10. The molecule has 31 heavy (non-hydrogen) atoms. The molecule has 0 radical (unpaired) electrons. The highest BCUT2D eigenvalue weighted by Gasteiger charge is 2.60. The van der Waals surface area contributed by atoms with Crippen LogP contribution in [0.15, 0.2) is 60.8 Å². The van der Waals surface area contributed by atoms with Gasteiger partial charge in [0, 0.05) is 17.7 Å². The van der Waals surface area contributed by atoms with E-state index in [2.05, 4.69) is 27.4 Å². The number of ether oxygens (including phenoxy) is 1. The summed E-state index contributed by atoms with van der Waals surface area (Å²) in [5, 5.41) is 12.2. The summed E-state index contributed by atoms with van der Waals surface area (Å²) in [5.74, 6) is 1.13. The van der Waals surface area contributed by atoms with Crippen LogP contribution < -0.4 is 10.1 Å². The molecule has 0 spiro atoms. The number of nitrogens with one attached hydrogen (secondary N) is 1. The highest BCUT2D eigenvalue weighted by Crippen LogP contribution is 2.55. The summed E-state index contributed by atoms with van der Waals surface area (Å²) in [6.45, 7) is 4.21. The predicted octanol–water partition coefficient (Wildman–Crippen LogP) is 3.60. The highest BCUT2D eigenvalue weighted by molar-refractivity contribution is 5.96. The van der Waals surface area contributed by atoms with Crippen molar-refractivity contribution in [3.8, 4) is 5.75 Å². The van der Waals surface area contributed by atoms with Gasteiger partial charge in [-0.2, -0.15) is 0 Å². The molecule has 2 aromatic carbocycles. The van der Waals surface area contributed by atoms with E-state index in [0.717, 1.165) is 22.5 Å². The van der Waals surface area contributed by atoms with Crippen molar-refractivity contribution in [1.82, 2.24) is 9.97 Å². The molecule has 1 amide bonds. The largest absolute Gasteiger partial charge is 0.489 e. The molecule has 0 bridgehead atoms. The molecule has 3 aromatic rings. The van der Waals surface area contributed by atoms with E-state index in [1.54, 1.807) is 6.20 Å². The van der Waals surface area contributed by atoms with Crippen molar-refractivity contribution in [2.24, 2.45) is 5.92 Å². The molecule has 1 aromatic heterocycles. The van der Waals surface area contributed by atoms with Crippen molar-refractivity contribution in [2.45, 2.75) is 32.1 Å². The van der Waals surface area contributed by atoms with Gasteiger partial charge in [0.1, 0.15) is 5.82 Å². The van der Waals surface area contributed by atoms with Gasteiger partial charge in [0.05, 0.1) is 24.4 Å². The van der Waals surface area contributed by atoms with Crippen LogP contribution in [0.5, 0.6) is 5.75 Å².